The lowest BCUT2D eigenvalue weighted by Crippen LogP contribution is -2.22. The molecule has 2 aromatic rings. The number of halogens is 1. The van der Waals surface area contributed by atoms with Gasteiger partial charge in [0.05, 0.1) is 23.3 Å². The molecule has 0 saturated carbocycles. The van der Waals surface area contributed by atoms with Crippen LogP contribution in [0.25, 0.3) is 10.9 Å². The maximum atomic E-state index is 12.2. The van der Waals surface area contributed by atoms with Gasteiger partial charge < -0.3 is 15.0 Å². The fourth-order valence-corrected chi connectivity index (χ4v) is 2.38. The molecule has 0 fully saturated rings. The van der Waals surface area contributed by atoms with Crippen LogP contribution in [-0.2, 0) is 4.74 Å². The molecule has 1 aromatic heterocycles. The Labute approximate surface area is 127 Å². The van der Waals surface area contributed by atoms with Crippen LogP contribution in [0.4, 0.5) is 5.69 Å². The number of carbonyl (C=O) groups is 1. The van der Waals surface area contributed by atoms with E-state index in [4.69, 9.17) is 16.3 Å². The SMILES string of the molecule is CCCCNc1c(C(=O)OC)c(=O)[nH]c2c(Cl)cccc12. The van der Waals surface area contributed by atoms with Crippen molar-refractivity contribution in [3.63, 3.8) is 0 Å². The number of aromatic amines is 1. The molecule has 0 aliphatic rings. The number of pyridine rings is 1. The van der Waals surface area contributed by atoms with Crippen molar-refractivity contribution in [3.8, 4) is 0 Å². The quantitative estimate of drug-likeness (QED) is 0.657. The van der Waals surface area contributed by atoms with Gasteiger partial charge in [0.1, 0.15) is 5.56 Å². The van der Waals surface area contributed by atoms with E-state index in [1.54, 1.807) is 18.2 Å². The second-order valence-electron chi connectivity index (χ2n) is 4.64. The van der Waals surface area contributed by atoms with Gasteiger partial charge in [-0.2, -0.15) is 0 Å². The molecule has 0 spiro atoms. The van der Waals surface area contributed by atoms with Crippen molar-refractivity contribution in [2.24, 2.45) is 0 Å². The number of aromatic nitrogens is 1. The number of methoxy groups -OCH3 is 1. The van der Waals surface area contributed by atoms with Crippen LogP contribution in [0.15, 0.2) is 23.0 Å². The number of carbonyl (C=O) groups excluding carboxylic acids is 1. The number of H-pyrrole nitrogens is 1. The minimum absolute atomic E-state index is 0.0247. The summed E-state index contributed by atoms with van der Waals surface area (Å²) >= 11 is 6.11. The monoisotopic (exact) mass is 308 g/mol. The first-order chi connectivity index (χ1) is 10.1. The van der Waals surface area contributed by atoms with Crippen molar-refractivity contribution >= 4 is 34.2 Å². The summed E-state index contributed by atoms with van der Waals surface area (Å²) in [5.74, 6) is -0.669. The molecule has 0 amide bonds. The number of hydrogen-bond donors (Lipinski definition) is 2. The van der Waals surface area contributed by atoms with E-state index in [2.05, 4.69) is 17.2 Å². The van der Waals surface area contributed by atoms with Crippen molar-refractivity contribution in [3.05, 3.63) is 39.1 Å². The van der Waals surface area contributed by atoms with E-state index in [1.165, 1.54) is 7.11 Å². The van der Waals surface area contributed by atoms with Gasteiger partial charge in [0, 0.05) is 11.9 Å². The highest BCUT2D eigenvalue weighted by Gasteiger charge is 2.20. The molecule has 0 radical (unpaired) electrons. The minimum atomic E-state index is -0.669. The molecule has 112 valence electrons. The lowest BCUT2D eigenvalue weighted by Gasteiger charge is -2.13. The van der Waals surface area contributed by atoms with Crippen LogP contribution in [0.2, 0.25) is 5.02 Å². The molecular weight excluding hydrogens is 292 g/mol. The zero-order valence-electron chi connectivity index (χ0n) is 12.0. The molecule has 0 unspecified atom stereocenters. The number of ether oxygens (including phenoxy) is 1. The first-order valence-electron chi connectivity index (χ1n) is 6.76. The molecule has 0 atom stereocenters. The van der Waals surface area contributed by atoms with E-state index in [0.29, 0.717) is 28.2 Å². The zero-order chi connectivity index (χ0) is 15.4. The molecule has 1 aromatic carbocycles. The Hall–Kier alpha value is -2.01. The first-order valence-corrected chi connectivity index (χ1v) is 7.14. The standard InChI is InChI=1S/C15H17ClN2O3/c1-3-4-8-17-13-9-6-5-7-10(16)12(9)18-14(19)11(13)15(20)21-2/h5-7H,3-4,8H2,1-2H3,(H2,17,18,19). The number of fused-ring (bicyclic) bond motifs is 1. The summed E-state index contributed by atoms with van der Waals surface area (Å²) in [5.41, 5.74) is 0.442. The van der Waals surface area contributed by atoms with Crippen LogP contribution >= 0.6 is 11.6 Å². The van der Waals surface area contributed by atoms with E-state index in [9.17, 15) is 9.59 Å². The number of nitrogens with one attached hydrogen (secondary N) is 2. The lowest BCUT2D eigenvalue weighted by molar-refractivity contribution is 0.0600. The molecular formula is C15H17ClN2O3. The number of para-hydroxylation sites is 1. The Bertz CT molecular complexity index is 725. The summed E-state index contributed by atoms with van der Waals surface area (Å²) in [7, 11) is 1.25. The van der Waals surface area contributed by atoms with Gasteiger partial charge in [-0.15, -0.1) is 0 Å². The number of esters is 1. The Morgan fingerprint density at radius 3 is 2.86 bits per heavy atom. The average Bonchev–Trinajstić information content (AvgIpc) is 2.48. The largest absolute Gasteiger partial charge is 0.465 e. The summed E-state index contributed by atoms with van der Waals surface area (Å²) in [6, 6.07) is 5.26. The van der Waals surface area contributed by atoms with Gasteiger partial charge in [-0.1, -0.05) is 37.1 Å². The normalized spacial score (nSPS) is 10.6. The van der Waals surface area contributed by atoms with Gasteiger partial charge in [-0.25, -0.2) is 4.79 Å². The summed E-state index contributed by atoms with van der Waals surface area (Å²) < 4.78 is 4.71. The van der Waals surface area contributed by atoms with E-state index in [1.807, 2.05) is 0 Å². The fourth-order valence-electron chi connectivity index (χ4n) is 2.15. The second kappa shape index (κ2) is 6.63. The minimum Gasteiger partial charge on any atom is -0.465 e. The highest BCUT2D eigenvalue weighted by atomic mass is 35.5. The first kappa shape index (κ1) is 15.4. The molecule has 2 rings (SSSR count). The summed E-state index contributed by atoms with van der Waals surface area (Å²) in [5, 5.41) is 4.28. The lowest BCUT2D eigenvalue weighted by atomic mass is 10.1. The van der Waals surface area contributed by atoms with E-state index in [-0.39, 0.29) is 5.56 Å². The van der Waals surface area contributed by atoms with Crippen molar-refractivity contribution < 1.29 is 9.53 Å². The van der Waals surface area contributed by atoms with Crippen molar-refractivity contribution in [1.29, 1.82) is 0 Å². The number of unbranched alkanes of at least 4 members (excludes halogenated alkanes) is 1. The maximum Gasteiger partial charge on any atom is 0.345 e. The molecule has 0 bridgehead atoms. The second-order valence-corrected chi connectivity index (χ2v) is 5.05. The van der Waals surface area contributed by atoms with Crippen LogP contribution in [0, 0.1) is 0 Å². The number of anilines is 1. The van der Waals surface area contributed by atoms with Crippen LogP contribution in [-0.4, -0.2) is 24.6 Å². The Morgan fingerprint density at radius 1 is 1.43 bits per heavy atom. The number of rotatable bonds is 5. The van der Waals surface area contributed by atoms with Crippen LogP contribution in [0.1, 0.15) is 30.1 Å². The highest BCUT2D eigenvalue weighted by Crippen LogP contribution is 2.28. The van der Waals surface area contributed by atoms with Gasteiger partial charge in [-0.05, 0) is 12.5 Å². The van der Waals surface area contributed by atoms with E-state index in [0.717, 1.165) is 12.8 Å². The fraction of sp³-hybridized carbons (Fsp3) is 0.333. The van der Waals surface area contributed by atoms with E-state index < -0.39 is 11.5 Å². The molecule has 1 heterocycles. The highest BCUT2D eigenvalue weighted by molar-refractivity contribution is 6.35. The van der Waals surface area contributed by atoms with Gasteiger partial charge >= 0.3 is 5.97 Å². The van der Waals surface area contributed by atoms with Crippen LogP contribution in [0.5, 0.6) is 0 Å². The third kappa shape index (κ3) is 3.03. The van der Waals surface area contributed by atoms with Gasteiger partial charge in [-0.3, -0.25) is 4.79 Å². The van der Waals surface area contributed by atoms with Gasteiger partial charge in [0.15, 0.2) is 0 Å². The van der Waals surface area contributed by atoms with E-state index >= 15 is 0 Å². The Kier molecular flexibility index (Phi) is 4.85. The summed E-state index contributed by atoms with van der Waals surface area (Å²) in [6.45, 7) is 2.72. The Morgan fingerprint density at radius 2 is 2.19 bits per heavy atom. The molecule has 21 heavy (non-hydrogen) atoms. The smallest absolute Gasteiger partial charge is 0.345 e. The number of benzene rings is 1. The Balaban J connectivity index is 2.69. The average molecular weight is 309 g/mol. The van der Waals surface area contributed by atoms with Gasteiger partial charge in [0.25, 0.3) is 5.56 Å². The molecule has 0 saturated heterocycles. The van der Waals surface area contributed by atoms with Crippen LogP contribution < -0.4 is 10.9 Å². The molecule has 5 nitrogen and oxygen atoms in total. The molecule has 0 aliphatic carbocycles. The molecule has 6 heteroatoms. The van der Waals surface area contributed by atoms with Crippen molar-refractivity contribution in [1.82, 2.24) is 4.98 Å². The topological polar surface area (TPSA) is 71.2 Å². The summed E-state index contributed by atoms with van der Waals surface area (Å²) in [4.78, 5) is 26.7. The van der Waals surface area contributed by atoms with Crippen molar-refractivity contribution in [2.75, 3.05) is 19.0 Å². The third-order valence-corrected chi connectivity index (χ3v) is 3.54. The molecule has 0 aliphatic heterocycles. The number of hydrogen-bond acceptors (Lipinski definition) is 4. The predicted octanol–water partition coefficient (Wildman–Crippen LogP) is 3.18. The third-order valence-electron chi connectivity index (χ3n) is 3.22. The maximum absolute atomic E-state index is 12.2. The van der Waals surface area contributed by atoms with Gasteiger partial charge in [0.2, 0.25) is 0 Å². The van der Waals surface area contributed by atoms with Crippen molar-refractivity contribution in [2.45, 2.75) is 19.8 Å². The molecule has 2 N–H and O–H groups in total. The predicted molar refractivity (Wildman–Crippen MR) is 84.3 cm³/mol. The zero-order valence-corrected chi connectivity index (χ0v) is 12.7. The van der Waals surface area contributed by atoms with Crippen LogP contribution in [0.3, 0.4) is 0 Å². The summed E-state index contributed by atoms with van der Waals surface area (Å²) in [6.07, 6.45) is 1.93.